The van der Waals surface area contributed by atoms with Crippen LogP contribution in [-0.2, 0) is 0 Å². The Bertz CT molecular complexity index is 656. The van der Waals surface area contributed by atoms with Crippen LogP contribution in [0.3, 0.4) is 0 Å². The summed E-state index contributed by atoms with van der Waals surface area (Å²) in [6.45, 7) is 1.97. The number of carbonyl (C=O) groups excluding carboxylic acids is 1. The third-order valence-corrected chi connectivity index (χ3v) is 4.12. The Balaban J connectivity index is 1.89. The Kier molecular flexibility index (Phi) is 3.94. The molecule has 0 spiro atoms. The van der Waals surface area contributed by atoms with Crippen LogP contribution in [0.2, 0.25) is 5.02 Å². The number of oxazole rings is 1. The number of halogens is 1. The van der Waals surface area contributed by atoms with Crippen LogP contribution in [0.5, 0.6) is 0 Å². The van der Waals surface area contributed by atoms with E-state index in [2.05, 4.69) is 4.98 Å². The maximum Gasteiger partial charge on any atom is 0.276 e. The second-order valence-corrected chi connectivity index (χ2v) is 5.56. The Morgan fingerprint density at radius 2 is 2.29 bits per heavy atom. The van der Waals surface area contributed by atoms with Gasteiger partial charge in [0.2, 0.25) is 0 Å². The molecular formula is C15H16ClN3O2. The molecule has 2 aromatic rings. The summed E-state index contributed by atoms with van der Waals surface area (Å²) in [5, 5.41) is 0.532. The van der Waals surface area contributed by atoms with Crippen molar-refractivity contribution in [3.05, 3.63) is 41.4 Å². The number of nitrogens with zero attached hydrogens (tertiary/aromatic N) is 2. The summed E-state index contributed by atoms with van der Waals surface area (Å²) in [7, 11) is 0. The van der Waals surface area contributed by atoms with Crippen molar-refractivity contribution in [2.45, 2.75) is 6.42 Å². The second-order valence-electron chi connectivity index (χ2n) is 5.15. The molecule has 0 saturated carbocycles. The first-order chi connectivity index (χ1) is 10.2. The van der Waals surface area contributed by atoms with Crippen molar-refractivity contribution in [2.24, 2.45) is 11.7 Å². The average molecular weight is 306 g/mol. The summed E-state index contributed by atoms with van der Waals surface area (Å²) >= 11 is 6.17. The SMILES string of the molecule is NCC1CCN(C(=O)c2ncoc2-c2ccccc2Cl)C1. The average Bonchev–Trinajstić information content (AvgIpc) is 3.16. The molecule has 1 aromatic heterocycles. The lowest BCUT2D eigenvalue weighted by Crippen LogP contribution is -2.30. The van der Waals surface area contributed by atoms with Crippen molar-refractivity contribution in [1.82, 2.24) is 9.88 Å². The summed E-state index contributed by atoms with van der Waals surface area (Å²) in [6.07, 6.45) is 2.21. The number of likely N-dealkylation sites (tertiary alicyclic amines) is 1. The molecule has 0 bridgehead atoms. The lowest BCUT2D eigenvalue weighted by molar-refractivity contribution is 0.0783. The summed E-state index contributed by atoms with van der Waals surface area (Å²) in [4.78, 5) is 18.4. The van der Waals surface area contributed by atoms with Crippen LogP contribution in [0.15, 0.2) is 35.1 Å². The summed E-state index contributed by atoms with van der Waals surface area (Å²) in [5.41, 5.74) is 6.65. The van der Waals surface area contributed by atoms with Crippen molar-refractivity contribution in [2.75, 3.05) is 19.6 Å². The highest BCUT2D eigenvalue weighted by atomic mass is 35.5. The highest BCUT2D eigenvalue weighted by Crippen LogP contribution is 2.31. The Morgan fingerprint density at radius 3 is 3.00 bits per heavy atom. The monoisotopic (exact) mass is 305 g/mol. The first kappa shape index (κ1) is 14.1. The van der Waals surface area contributed by atoms with Crippen LogP contribution in [0.25, 0.3) is 11.3 Å². The number of rotatable bonds is 3. The van der Waals surface area contributed by atoms with Gasteiger partial charge in [-0.3, -0.25) is 4.79 Å². The zero-order chi connectivity index (χ0) is 14.8. The molecule has 0 radical (unpaired) electrons. The van der Waals surface area contributed by atoms with Gasteiger partial charge in [0.1, 0.15) is 0 Å². The van der Waals surface area contributed by atoms with E-state index in [-0.39, 0.29) is 5.91 Å². The van der Waals surface area contributed by atoms with Crippen molar-refractivity contribution in [3.63, 3.8) is 0 Å². The minimum absolute atomic E-state index is 0.130. The van der Waals surface area contributed by atoms with E-state index in [1.807, 2.05) is 18.2 Å². The molecule has 5 nitrogen and oxygen atoms in total. The van der Waals surface area contributed by atoms with Crippen LogP contribution in [0.4, 0.5) is 0 Å². The van der Waals surface area contributed by atoms with Gasteiger partial charge >= 0.3 is 0 Å². The van der Waals surface area contributed by atoms with Gasteiger partial charge in [0.15, 0.2) is 17.8 Å². The first-order valence-electron chi connectivity index (χ1n) is 6.88. The fourth-order valence-corrected chi connectivity index (χ4v) is 2.82. The molecule has 6 heteroatoms. The van der Waals surface area contributed by atoms with E-state index >= 15 is 0 Å². The fraction of sp³-hybridized carbons (Fsp3) is 0.333. The molecule has 110 valence electrons. The van der Waals surface area contributed by atoms with Gasteiger partial charge in [0.05, 0.1) is 5.02 Å². The van der Waals surface area contributed by atoms with E-state index in [1.165, 1.54) is 6.39 Å². The van der Waals surface area contributed by atoms with Gasteiger partial charge in [0, 0.05) is 18.7 Å². The quantitative estimate of drug-likeness (QED) is 0.945. The molecular weight excluding hydrogens is 290 g/mol. The Morgan fingerprint density at radius 1 is 1.48 bits per heavy atom. The molecule has 3 rings (SSSR count). The molecule has 1 fully saturated rings. The smallest absolute Gasteiger partial charge is 0.276 e. The number of hydrogen-bond acceptors (Lipinski definition) is 4. The largest absolute Gasteiger partial charge is 0.443 e. The zero-order valence-corrected chi connectivity index (χ0v) is 12.2. The standard InChI is InChI=1S/C15H16ClN3O2/c16-12-4-2-1-3-11(12)14-13(18-9-21-14)15(20)19-6-5-10(7-17)8-19/h1-4,9-10H,5-8,17H2. The highest BCUT2D eigenvalue weighted by molar-refractivity contribution is 6.33. The van der Waals surface area contributed by atoms with E-state index in [9.17, 15) is 4.79 Å². The van der Waals surface area contributed by atoms with Gasteiger partial charge in [-0.2, -0.15) is 0 Å². The van der Waals surface area contributed by atoms with Crippen LogP contribution in [0, 0.1) is 5.92 Å². The topological polar surface area (TPSA) is 72.4 Å². The lowest BCUT2D eigenvalue weighted by Gasteiger charge is -2.15. The van der Waals surface area contributed by atoms with Crippen molar-refractivity contribution in [3.8, 4) is 11.3 Å². The van der Waals surface area contributed by atoms with Crippen LogP contribution in [0.1, 0.15) is 16.9 Å². The molecule has 1 unspecified atom stereocenters. The maximum absolute atomic E-state index is 12.6. The van der Waals surface area contributed by atoms with Gasteiger partial charge in [0.25, 0.3) is 5.91 Å². The third-order valence-electron chi connectivity index (χ3n) is 3.79. The van der Waals surface area contributed by atoms with E-state index < -0.39 is 0 Å². The minimum Gasteiger partial charge on any atom is -0.443 e. The van der Waals surface area contributed by atoms with Gasteiger partial charge in [-0.05, 0) is 31.0 Å². The number of nitrogens with two attached hydrogens (primary N) is 1. The maximum atomic E-state index is 12.6. The molecule has 1 atom stereocenters. The van der Waals surface area contributed by atoms with Gasteiger partial charge in [-0.25, -0.2) is 4.98 Å². The number of carbonyl (C=O) groups is 1. The minimum atomic E-state index is -0.130. The molecule has 1 aromatic carbocycles. The van der Waals surface area contributed by atoms with Gasteiger partial charge in [-0.15, -0.1) is 0 Å². The number of hydrogen-bond donors (Lipinski definition) is 1. The second kappa shape index (κ2) is 5.87. The van der Waals surface area contributed by atoms with Crippen LogP contribution >= 0.6 is 11.6 Å². The van der Waals surface area contributed by atoms with Crippen molar-refractivity contribution in [1.29, 1.82) is 0 Å². The van der Waals surface area contributed by atoms with Crippen molar-refractivity contribution >= 4 is 17.5 Å². The Labute approximate surface area is 127 Å². The summed E-state index contributed by atoms with van der Waals surface area (Å²) in [6, 6.07) is 7.24. The predicted octanol–water partition coefficient (Wildman–Crippen LogP) is 2.42. The number of aromatic nitrogens is 1. The lowest BCUT2D eigenvalue weighted by atomic mass is 10.1. The van der Waals surface area contributed by atoms with Gasteiger partial charge < -0.3 is 15.1 Å². The Hall–Kier alpha value is -1.85. The molecule has 1 amide bonds. The predicted molar refractivity (Wildman–Crippen MR) is 80.0 cm³/mol. The van der Waals surface area contributed by atoms with E-state index in [0.717, 1.165) is 6.42 Å². The number of amides is 1. The summed E-state index contributed by atoms with van der Waals surface area (Å²) in [5.74, 6) is 0.654. The first-order valence-corrected chi connectivity index (χ1v) is 7.26. The van der Waals surface area contributed by atoms with Crippen molar-refractivity contribution < 1.29 is 9.21 Å². The molecule has 0 aliphatic carbocycles. The molecule has 2 heterocycles. The fourth-order valence-electron chi connectivity index (χ4n) is 2.59. The highest BCUT2D eigenvalue weighted by Gasteiger charge is 2.30. The van der Waals surface area contributed by atoms with Gasteiger partial charge in [-0.1, -0.05) is 23.7 Å². The summed E-state index contributed by atoms with van der Waals surface area (Å²) < 4.78 is 5.40. The normalized spacial score (nSPS) is 18.2. The van der Waals surface area contributed by atoms with Crippen LogP contribution in [-0.4, -0.2) is 35.4 Å². The molecule has 21 heavy (non-hydrogen) atoms. The number of benzene rings is 1. The third kappa shape index (κ3) is 2.66. The molecule has 1 aliphatic heterocycles. The zero-order valence-electron chi connectivity index (χ0n) is 11.5. The van der Waals surface area contributed by atoms with E-state index in [1.54, 1.807) is 11.0 Å². The van der Waals surface area contributed by atoms with Crippen LogP contribution < -0.4 is 5.73 Å². The molecule has 1 aliphatic rings. The van der Waals surface area contributed by atoms with E-state index in [0.29, 0.717) is 47.6 Å². The molecule has 2 N–H and O–H groups in total. The van der Waals surface area contributed by atoms with E-state index in [4.69, 9.17) is 21.8 Å². The molecule has 1 saturated heterocycles.